The normalized spacial score (nSPS) is 12.1. The molecule has 8 aromatic carbocycles. The number of thiophene rings is 1. The quantitative estimate of drug-likeness (QED) is 0.171. The Morgan fingerprint density at radius 2 is 0.849 bits per heavy atom. The van der Waals surface area contributed by atoms with E-state index in [0.717, 1.165) is 44.3 Å². The first-order valence-corrected chi connectivity index (χ1v) is 19.1. The van der Waals surface area contributed by atoms with Gasteiger partial charge < -0.3 is 0 Å². The number of benzene rings is 8. The first kappa shape index (κ1) is 31.6. The lowest BCUT2D eigenvalue weighted by Crippen LogP contribution is -2.16. The third-order valence-corrected chi connectivity index (χ3v) is 11.7. The van der Waals surface area contributed by atoms with Gasteiger partial charge in [-0.2, -0.15) is 0 Å². The van der Waals surface area contributed by atoms with Crippen LogP contribution in [0.4, 0.5) is 0 Å². The summed E-state index contributed by atoms with van der Waals surface area (Å²) in [5, 5.41) is 7.33. The highest BCUT2D eigenvalue weighted by Gasteiger charge is 2.25. The molecule has 0 fully saturated rings. The van der Waals surface area contributed by atoms with Gasteiger partial charge in [-0.05, 0) is 68.4 Å². The number of fused-ring (bicyclic) bond motifs is 9. The van der Waals surface area contributed by atoms with Gasteiger partial charge in [0.15, 0.2) is 0 Å². The number of aromatic nitrogens is 2. The van der Waals surface area contributed by atoms with Gasteiger partial charge in [-0.1, -0.05) is 160 Å². The maximum absolute atomic E-state index is 5.50. The van der Waals surface area contributed by atoms with E-state index in [0.29, 0.717) is 0 Å². The first-order valence-electron chi connectivity index (χ1n) is 18.2. The Morgan fingerprint density at radius 1 is 0.396 bits per heavy atom. The second kappa shape index (κ2) is 12.2. The zero-order valence-electron chi connectivity index (χ0n) is 29.9. The Hall–Kier alpha value is -6.16. The van der Waals surface area contributed by atoms with Crippen molar-refractivity contribution < 1.29 is 0 Å². The highest BCUT2D eigenvalue weighted by molar-refractivity contribution is 7.26. The average Bonchev–Trinajstić information content (AvgIpc) is 3.59. The molecule has 0 atom stereocenters. The van der Waals surface area contributed by atoms with Gasteiger partial charge in [0.05, 0.1) is 22.4 Å². The van der Waals surface area contributed by atoms with Crippen LogP contribution in [0.5, 0.6) is 0 Å². The van der Waals surface area contributed by atoms with E-state index in [1.807, 2.05) is 11.3 Å². The number of hydrogen-bond acceptors (Lipinski definition) is 3. The fourth-order valence-electron chi connectivity index (χ4n) is 7.95. The predicted octanol–water partition coefficient (Wildman–Crippen LogP) is 14.3. The van der Waals surface area contributed by atoms with Crippen molar-refractivity contribution in [3.63, 3.8) is 0 Å². The van der Waals surface area contributed by atoms with Crippen molar-refractivity contribution in [2.75, 3.05) is 0 Å². The van der Waals surface area contributed by atoms with E-state index in [2.05, 4.69) is 185 Å². The summed E-state index contributed by atoms with van der Waals surface area (Å²) in [5.74, 6) is 0. The van der Waals surface area contributed by atoms with Crippen molar-refractivity contribution in [2.45, 2.75) is 26.2 Å². The van der Waals surface area contributed by atoms with Crippen LogP contribution in [0.2, 0.25) is 0 Å². The largest absolute Gasteiger partial charge is 0.248 e. The molecule has 252 valence electrons. The highest BCUT2D eigenvalue weighted by atomic mass is 32.1. The van der Waals surface area contributed by atoms with Crippen LogP contribution in [0.25, 0.3) is 97.4 Å². The van der Waals surface area contributed by atoms with E-state index in [1.165, 1.54) is 58.8 Å². The topological polar surface area (TPSA) is 25.8 Å². The minimum absolute atomic E-state index is 0.218. The molecule has 0 saturated heterocycles. The van der Waals surface area contributed by atoms with E-state index in [1.54, 1.807) is 0 Å². The molecular weight excluding hydrogens is 661 g/mol. The van der Waals surface area contributed by atoms with Gasteiger partial charge in [-0.3, -0.25) is 0 Å². The van der Waals surface area contributed by atoms with Gasteiger partial charge in [0.2, 0.25) is 0 Å². The lowest BCUT2D eigenvalue weighted by atomic mass is 9.87. The smallest absolute Gasteiger partial charge is 0.0979 e. The molecule has 0 unspecified atom stereocenters. The Kier molecular flexibility index (Phi) is 7.28. The van der Waals surface area contributed by atoms with E-state index < -0.39 is 0 Å². The molecule has 0 aliphatic heterocycles. The number of hydrogen-bond donors (Lipinski definition) is 0. The molecule has 0 radical (unpaired) electrons. The molecule has 53 heavy (non-hydrogen) atoms. The summed E-state index contributed by atoms with van der Waals surface area (Å²) >= 11 is 1.88. The van der Waals surface area contributed by atoms with Gasteiger partial charge in [-0.25, -0.2) is 9.97 Å². The standard InChI is InChI=1S/C50H36N2S/c1-50(2,3)49-45(51-46-41-23-6-4-20-38(41)39-21-5-7-24-42(39)47(46)52-49)36-19-12-17-34(30-36)32-15-10-14-31(28-32)33-16-11-18-35(29-33)37-25-13-26-43-40-22-8-9-27-44(40)53-48(37)43/h4-30H,1-3H3. The lowest BCUT2D eigenvalue weighted by molar-refractivity contribution is 0.571. The third kappa shape index (κ3) is 5.31. The fraction of sp³-hybridized carbons (Fsp3) is 0.0800. The van der Waals surface area contributed by atoms with Crippen molar-refractivity contribution in [3.05, 3.63) is 169 Å². The number of rotatable bonds is 4. The van der Waals surface area contributed by atoms with Crippen LogP contribution in [0.15, 0.2) is 164 Å². The van der Waals surface area contributed by atoms with Crippen LogP contribution >= 0.6 is 11.3 Å². The molecule has 3 heteroatoms. The van der Waals surface area contributed by atoms with E-state index >= 15 is 0 Å². The van der Waals surface area contributed by atoms with Crippen molar-refractivity contribution in [1.82, 2.24) is 9.97 Å². The summed E-state index contributed by atoms with van der Waals surface area (Å²) < 4.78 is 2.66. The van der Waals surface area contributed by atoms with E-state index in [-0.39, 0.29) is 5.41 Å². The SMILES string of the molecule is CC(C)(C)c1nc2c3ccccc3c3ccccc3c2nc1-c1cccc(-c2cccc(-c3cccc(-c4cccc5c4sc4ccccc45)c3)c2)c1. The van der Waals surface area contributed by atoms with Crippen LogP contribution in [0.1, 0.15) is 26.5 Å². The summed E-state index contributed by atoms with van der Waals surface area (Å²) in [6.07, 6.45) is 0. The minimum Gasteiger partial charge on any atom is -0.248 e. The molecule has 2 heterocycles. The van der Waals surface area contributed by atoms with Crippen LogP contribution < -0.4 is 0 Å². The van der Waals surface area contributed by atoms with Crippen LogP contribution in [0, 0.1) is 0 Å². The molecule has 10 rings (SSSR count). The van der Waals surface area contributed by atoms with Crippen molar-refractivity contribution >= 4 is 64.1 Å². The summed E-state index contributed by atoms with van der Waals surface area (Å²) in [7, 11) is 0. The van der Waals surface area contributed by atoms with Crippen LogP contribution in [-0.4, -0.2) is 9.97 Å². The molecular formula is C50H36N2S. The fourth-order valence-corrected chi connectivity index (χ4v) is 9.19. The maximum Gasteiger partial charge on any atom is 0.0979 e. The van der Waals surface area contributed by atoms with Crippen LogP contribution in [-0.2, 0) is 5.41 Å². The first-order chi connectivity index (χ1) is 25.9. The van der Waals surface area contributed by atoms with Crippen molar-refractivity contribution in [2.24, 2.45) is 0 Å². The Balaban J connectivity index is 1.08. The van der Waals surface area contributed by atoms with E-state index in [4.69, 9.17) is 9.97 Å². The summed E-state index contributed by atoms with van der Waals surface area (Å²) in [6, 6.07) is 59.3. The Morgan fingerprint density at radius 3 is 1.47 bits per heavy atom. The molecule has 0 amide bonds. The van der Waals surface area contributed by atoms with E-state index in [9.17, 15) is 0 Å². The molecule has 0 aliphatic carbocycles. The van der Waals surface area contributed by atoms with Gasteiger partial charge >= 0.3 is 0 Å². The molecule has 0 aliphatic rings. The lowest BCUT2D eigenvalue weighted by Gasteiger charge is -2.23. The summed E-state index contributed by atoms with van der Waals surface area (Å²) in [5.41, 5.74) is 11.9. The minimum atomic E-state index is -0.218. The zero-order chi connectivity index (χ0) is 35.7. The second-order valence-corrected chi connectivity index (χ2v) is 16.0. The third-order valence-electron chi connectivity index (χ3n) is 10.5. The number of nitrogens with zero attached hydrogens (tertiary/aromatic N) is 2. The Labute approximate surface area is 313 Å². The van der Waals surface area contributed by atoms with Crippen molar-refractivity contribution in [3.8, 4) is 44.6 Å². The van der Waals surface area contributed by atoms with Gasteiger partial charge in [0, 0.05) is 41.9 Å². The molecule has 10 aromatic rings. The molecule has 0 spiro atoms. The maximum atomic E-state index is 5.50. The van der Waals surface area contributed by atoms with Gasteiger partial charge in [-0.15, -0.1) is 11.3 Å². The molecule has 0 N–H and O–H groups in total. The van der Waals surface area contributed by atoms with Crippen molar-refractivity contribution in [1.29, 1.82) is 0 Å². The van der Waals surface area contributed by atoms with Gasteiger partial charge in [0.1, 0.15) is 0 Å². The van der Waals surface area contributed by atoms with Crippen LogP contribution in [0.3, 0.4) is 0 Å². The van der Waals surface area contributed by atoms with Gasteiger partial charge in [0.25, 0.3) is 0 Å². The molecule has 2 nitrogen and oxygen atoms in total. The molecule has 2 aromatic heterocycles. The summed E-state index contributed by atoms with van der Waals surface area (Å²) in [6.45, 7) is 6.70. The monoisotopic (exact) mass is 696 g/mol. The molecule has 0 saturated carbocycles. The molecule has 0 bridgehead atoms. The highest BCUT2D eigenvalue weighted by Crippen LogP contribution is 2.42. The zero-order valence-corrected chi connectivity index (χ0v) is 30.7. The average molecular weight is 697 g/mol. The Bertz CT molecular complexity index is 3050. The second-order valence-electron chi connectivity index (χ2n) is 15.0. The summed E-state index contributed by atoms with van der Waals surface area (Å²) in [4.78, 5) is 11.0. The predicted molar refractivity (Wildman–Crippen MR) is 228 cm³/mol.